The van der Waals surface area contributed by atoms with Gasteiger partial charge < -0.3 is 4.98 Å². The van der Waals surface area contributed by atoms with Crippen LogP contribution in [0, 0.1) is 5.41 Å². The van der Waals surface area contributed by atoms with Gasteiger partial charge in [-0.3, -0.25) is 0 Å². The molecule has 0 aliphatic heterocycles. The number of hydrogen-bond acceptors (Lipinski definition) is 0. The maximum atomic E-state index is 3.31. The summed E-state index contributed by atoms with van der Waals surface area (Å²) >= 11 is 0. The number of H-pyrrole nitrogens is 1. The maximum absolute atomic E-state index is 3.31. The highest BCUT2D eigenvalue weighted by atomic mass is 14.7. The fourth-order valence-corrected chi connectivity index (χ4v) is 1.85. The number of rotatable bonds is 1. The van der Waals surface area contributed by atoms with E-state index >= 15 is 0 Å². The van der Waals surface area contributed by atoms with E-state index in [1.165, 1.54) is 16.5 Å². The molecule has 0 aliphatic carbocycles. The molecule has 0 spiro atoms. The Balaban J connectivity index is 0.000000606. The first-order valence-electron chi connectivity index (χ1n) is 6.11. The molecule has 16 heavy (non-hydrogen) atoms. The Morgan fingerprint density at radius 3 is 2.31 bits per heavy atom. The van der Waals surface area contributed by atoms with Crippen LogP contribution in [-0.4, -0.2) is 4.98 Å². The van der Waals surface area contributed by atoms with E-state index in [1.54, 1.807) is 0 Å². The molecule has 2 aromatic rings. The molecule has 0 aliphatic rings. The molecule has 1 nitrogen and oxygen atoms in total. The predicted molar refractivity (Wildman–Crippen MR) is 72.8 cm³/mol. The van der Waals surface area contributed by atoms with E-state index in [0.717, 1.165) is 6.42 Å². The summed E-state index contributed by atoms with van der Waals surface area (Å²) in [6.07, 6.45) is 3.26. The molecule has 0 amide bonds. The number of fused-ring (bicyclic) bond motifs is 1. The topological polar surface area (TPSA) is 15.8 Å². The molecule has 0 fully saturated rings. The van der Waals surface area contributed by atoms with Gasteiger partial charge in [-0.1, -0.05) is 52.8 Å². The number of para-hydroxylation sites is 1. The Bertz CT molecular complexity index is 432. The Hall–Kier alpha value is -1.24. The van der Waals surface area contributed by atoms with Crippen LogP contribution in [0.15, 0.2) is 30.5 Å². The summed E-state index contributed by atoms with van der Waals surface area (Å²) in [5.74, 6) is 0. The van der Waals surface area contributed by atoms with Crippen LogP contribution in [0.4, 0.5) is 0 Å². The summed E-state index contributed by atoms with van der Waals surface area (Å²) in [7, 11) is 0. The van der Waals surface area contributed by atoms with Crippen molar-refractivity contribution in [1.29, 1.82) is 0 Å². The lowest BCUT2D eigenvalue weighted by atomic mass is 9.88. The molecule has 1 heteroatoms. The van der Waals surface area contributed by atoms with Crippen LogP contribution in [0.2, 0.25) is 0 Å². The third-order valence-electron chi connectivity index (χ3n) is 2.40. The highest BCUT2D eigenvalue weighted by molar-refractivity contribution is 5.83. The summed E-state index contributed by atoms with van der Waals surface area (Å²) in [5.41, 5.74) is 3.02. The van der Waals surface area contributed by atoms with E-state index in [1.807, 2.05) is 13.8 Å². The Morgan fingerprint density at radius 2 is 1.69 bits per heavy atom. The second-order valence-corrected chi connectivity index (χ2v) is 5.10. The Labute approximate surface area is 98.9 Å². The monoisotopic (exact) mass is 217 g/mol. The van der Waals surface area contributed by atoms with E-state index in [0.29, 0.717) is 5.41 Å². The SMILES string of the molecule is CC.CC(C)(C)Cc1c[nH]c2ccccc12. The average Bonchev–Trinajstić information content (AvgIpc) is 2.63. The molecule has 88 valence electrons. The van der Waals surface area contributed by atoms with Crippen LogP contribution in [0.5, 0.6) is 0 Å². The van der Waals surface area contributed by atoms with Gasteiger partial charge in [0.1, 0.15) is 0 Å². The molecule has 0 saturated heterocycles. The van der Waals surface area contributed by atoms with Crippen molar-refractivity contribution in [3.63, 3.8) is 0 Å². The van der Waals surface area contributed by atoms with Gasteiger partial charge in [-0.05, 0) is 23.5 Å². The molecule has 1 N–H and O–H groups in total. The summed E-state index contributed by atoms with van der Waals surface area (Å²) in [5, 5.41) is 1.36. The summed E-state index contributed by atoms with van der Waals surface area (Å²) < 4.78 is 0. The fourth-order valence-electron chi connectivity index (χ4n) is 1.85. The van der Waals surface area contributed by atoms with Crippen molar-refractivity contribution >= 4 is 10.9 Å². The lowest BCUT2D eigenvalue weighted by molar-refractivity contribution is 0.412. The number of nitrogens with one attached hydrogen (secondary N) is 1. The summed E-state index contributed by atoms with van der Waals surface area (Å²) in [4.78, 5) is 3.31. The molecule has 1 aromatic carbocycles. The highest BCUT2D eigenvalue weighted by Crippen LogP contribution is 2.26. The smallest absolute Gasteiger partial charge is 0.0456 e. The van der Waals surface area contributed by atoms with Crippen molar-refractivity contribution in [3.05, 3.63) is 36.0 Å². The summed E-state index contributed by atoms with van der Waals surface area (Å²) in [6.45, 7) is 10.8. The minimum absolute atomic E-state index is 0.352. The van der Waals surface area contributed by atoms with Crippen molar-refractivity contribution in [2.24, 2.45) is 5.41 Å². The van der Waals surface area contributed by atoms with Crippen LogP contribution in [0.25, 0.3) is 10.9 Å². The van der Waals surface area contributed by atoms with Crippen LogP contribution < -0.4 is 0 Å². The zero-order valence-corrected chi connectivity index (χ0v) is 11.1. The molecule has 0 radical (unpaired) electrons. The Morgan fingerprint density at radius 1 is 1.06 bits per heavy atom. The average molecular weight is 217 g/mol. The second-order valence-electron chi connectivity index (χ2n) is 5.10. The fraction of sp³-hybridized carbons (Fsp3) is 0.467. The van der Waals surface area contributed by atoms with Gasteiger partial charge >= 0.3 is 0 Å². The minimum atomic E-state index is 0.352. The van der Waals surface area contributed by atoms with Crippen LogP contribution in [0.1, 0.15) is 40.2 Å². The van der Waals surface area contributed by atoms with Gasteiger partial charge in [-0.25, -0.2) is 0 Å². The van der Waals surface area contributed by atoms with Gasteiger partial charge in [-0.15, -0.1) is 0 Å². The first-order chi connectivity index (χ1) is 7.56. The zero-order chi connectivity index (χ0) is 12.2. The normalized spacial score (nSPS) is 11.1. The molecular weight excluding hydrogens is 194 g/mol. The number of hydrogen-bond donors (Lipinski definition) is 1. The number of aromatic nitrogens is 1. The van der Waals surface area contributed by atoms with E-state index < -0.39 is 0 Å². The van der Waals surface area contributed by atoms with Gasteiger partial charge in [-0.2, -0.15) is 0 Å². The molecule has 2 rings (SSSR count). The number of aromatic amines is 1. The third-order valence-corrected chi connectivity index (χ3v) is 2.40. The standard InChI is InChI=1S/C13H17N.C2H6/c1-13(2,3)8-10-9-14-12-7-5-4-6-11(10)12;1-2/h4-7,9,14H,8H2,1-3H3;1-2H3. The van der Waals surface area contributed by atoms with Crippen LogP contribution in [0.3, 0.4) is 0 Å². The van der Waals surface area contributed by atoms with E-state index in [-0.39, 0.29) is 0 Å². The van der Waals surface area contributed by atoms with Gasteiger partial charge in [0, 0.05) is 17.1 Å². The van der Waals surface area contributed by atoms with Gasteiger partial charge in [0.15, 0.2) is 0 Å². The quantitative estimate of drug-likeness (QED) is 0.707. The molecule has 0 saturated carbocycles. The van der Waals surface area contributed by atoms with Gasteiger partial charge in [0.25, 0.3) is 0 Å². The highest BCUT2D eigenvalue weighted by Gasteiger charge is 2.13. The third kappa shape index (κ3) is 3.13. The van der Waals surface area contributed by atoms with Crippen molar-refractivity contribution in [3.8, 4) is 0 Å². The lowest BCUT2D eigenvalue weighted by Crippen LogP contribution is -2.08. The van der Waals surface area contributed by atoms with E-state index in [2.05, 4.69) is 56.2 Å². The largest absolute Gasteiger partial charge is 0.361 e. The van der Waals surface area contributed by atoms with Crippen LogP contribution in [-0.2, 0) is 6.42 Å². The number of benzene rings is 1. The first-order valence-corrected chi connectivity index (χ1v) is 6.11. The first kappa shape index (κ1) is 12.8. The van der Waals surface area contributed by atoms with Crippen molar-refractivity contribution in [1.82, 2.24) is 4.98 Å². The molecule has 0 unspecified atom stereocenters. The minimum Gasteiger partial charge on any atom is -0.361 e. The van der Waals surface area contributed by atoms with Gasteiger partial charge in [0.2, 0.25) is 0 Å². The Kier molecular flexibility index (Phi) is 4.17. The van der Waals surface area contributed by atoms with Crippen LogP contribution >= 0.6 is 0 Å². The maximum Gasteiger partial charge on any atom is 0.0456 e. The predicted octanol–water partition coefficient (Wildman–Crippen LogP) is 4.78. The molecule has 0 atom stereocenters. The van der Waals surface area contributed by atoms with Crippen molar-refractivity contribution < 1.29 is 0 Å². The van der Waals surface area contributed by atoms with Crippen molar-refractivity contribution in [2.45, 2.75) is 41.0 Å². The van der Waals surface area contributed by atoms with E-state index in [9.17, 15) is 0 Å². The molecule has 1 heterocycles. The zero-order valence-electron chi connectivity index (χ0n) is 11.1. The summed E-state index contributed by atoms with van der Waals surface area (Å²) in [6, 6.07) is 8.48. The molecular formula is C15H23N. The van der Waals surface area contributed by atoms with Crippen molar-refractivity contribution in [2.75, 3.05) is 0 Å². The second kappa shape index (κ2) is 5.20. The molecule has 1 aromatic heterocycles. The molecule has 0 bridgehead atoms. The lowest BCUT2D eigenvalue weighted by Gasteiger charge is -2.17. The van der Waals surface area contributed by atoms with Gasteiger partial charge in [0.05, 0.1) is 0 Å². The van der Waals surface area contributed by atoms with E-state index in [4.69, 9.17) is 0 Å².